The fourth-order valence-corrected chi connectivity index (χ4v) is 5.14. The van der Waals surface area contributed by atoms with Crippen molar-refractivity contribution in [2.24, 2.45) is 11.8 Å². The van der Waals surface area contributed by atoms with Gasteiger partial charge in [-0.2, -0.15) is 0 Å². The minimum atomic E-state index is 0. The van der Waals surface area contributed by atoms with Crippen LogP contribution in [0.2, 0.25) is 0 Å². The zero-order valence-corrected chi connectivity index (χ0v) is 16.2. The summed E-state index contributed by atoms with van der Waals surface area (Å²) in [4.78, 5) is 31.7. The van der Waals surface area contributed by atoms with Crippen LogP contribution in [0, 0.1) is 11.8 Å². The van der Waals surface area contributed by atoms with Crippen LogP contribution in [0.15, 0.2) is 41.9 Å². The van der Waals surface area contributed by atoms with Crippen LogP contribution >= 0.6 is 11.3 Å². The summed E-state index contributed by atoms with van der Waals surface area (Å²) in [7, 11) is 0. The van der Waals surface area contributed by atoms with Crippen LogP contribution < -0.4 is 5.32 Å². The standard InChI is InChI=1S/C22H21N3O2S.CH4/c26-20-5-4-15-8-14(11-23-22(15)24-20)3-6-21(27)25-12-17-9-16(10-18(17)13-25)19-2-1-7-28-19;/h1-3,6-9,11,17-18H,4-5,10,12-13H2,(H,23,24,26);1H4/b6-3+;. The summed E-state index contributed by atoms with van der Waals surface area (Å²) in [6, 6.07) is 6.28. The normalized spacial score (nSPS) is 22.7. The summed E-state index contributed by atoms with van der Waals surface area (Å²) >= 11 is 1.79. The Hall–Kier alpha value is -2.73. The number of fused-ring (bicyclic) bond motifs is 2. The summed E-state index contributed by atoms with van der Waals surface area (Å²) in [6.45, 7) is 1.63. The lowest BCUT2D eigenvalue weighted by Crippen LogP contribution is -2.27. The summed E-state index contributed by atoms with van der Waals surface area (Å²) in [6.07, 6.45) is 9.79. The van der Waals surface area contributed by atoms with Crippen molar-refractivity contribution in [2.75, 3.05) is 18.4 Å². The molecule has 1 aliphatic carbocycles. The van der Waals surface area contributed by atoms with E-state index in [-0.39, 0.29) is 19.2 Å². The molecule has 0 saturated carbocycles. The van der Waals surface area contributed by atoms with Crippen LogP contribution in [-0.2, 0) is 16.0 Å². The Labute approximate surface area is 175 Å². The number of aromatic nitrogens is 1. The third kappa shape index (κ3) is 3.90. The van der Waals surface area contributed by atoms with Gasteiger partial charge in [-0.15, -0.1) is 11.3 Å². The van der Waals surface area contributed by atoms with Crippen molar-refractivity contribution in [3.8, 4) is 0 Å². The number of carbonyl (C=O) groups excluding carboxylic acids is 2. The van der Waals surface area contributed by atoms with E-state index in [1.165, 1.54) is 10.5 Å². The molecule has 29 heavy (non-hydrogen) atoms. The van der Waals surface area contributed by atoms with Crippen LogP contribution in [0.3, 0.4) is 0 Å². The summed E-state index contributed by atoms with van der Waals surface area (Å²) in [5.74, 6) is 1.73. The fraction of sp³-hybridized carbons (Fsp3) is 0.348. The molecule has 150 valence electrons. The van der Waals surface area contributed by atoms with Gasteiger partial charge in [0.25, 0.3) is 0 Å². The lowest BCUT2D eigenvalue weighted by Gasteiger charge is -2.16. The smallest absolute Gasteiger partial charge is 0.246 e. The average Bonchev–Trinajstić information content (AvgIpc) is 3.41. The molecule has 5 rings (SSSR count). The van der Waals surface area contributed by atoms with Crippen molar-refractivity contribution in [3.05, 3.63) is 57.9 Å². The van der Waals surface area contributed by atoms with E-state index < -0.39 is 0 Å². The second-order valence-electron chi connectivity index (χ2n) is 7.70. The van der Waals surface area contributed by atoms with Crippen LogP contribution in [0.1, 0.15) is 36.3 Å². The van der Waals surface area contributed by atoms with Gasteiger partial charge in [0.15, 0.2) is 0 Å². The Bertz CT molecular complexity index is 994. The van der Waals surface area contributed by atoms with Gasteiger partial charge in [0.2, 0.25) is 11.8 Å². The second kappa shape index (κ2) is 7.95. The predicted octanol–water partition coefficient (Wildman–Crippen LogP) is 4.24. The quantitative estimate of drug-likeness (QED) is 0.774. The van der Waals surface area contributed by atoms with Crippen LogP contribution in [-0.4, -0.2) is 34.8 Å². The van der Waals surface area contributed by atoms with Crippen molar-refractivity contribution in [1.29, 1.82) is 0 Å². The lowest BCUT2D eigenvalue weighted by atomic mass is 10.00. The molecule has 3 aliphatic rings. The van der Waals surface area contributed by atoms with E-state index >= 15 is 0 Å². The number of likely N-dealkylation sites (tertiary alicyclic amines) is 1. The Kier molecular flexibility index (Phi) is 5.37. The first-order chi connectivity index (χ1) is 13.7. The highest BCUT2D eigenvalue weighted by Gasteiger charge is 2.37. The van der Waals surface area contributed by atoms with Gasteiger partial charge in [0, 0.05) is 36.7 Å². The van der Waals surface area contributed by atoms with Gasteiger partial charge >= 0.3 is 0 Å². The molecule has 1 N–H and O–H groups in total. The molecular formula is C23H25N3O2S. The number of rotatable bonds is 3. The SMILES string of the molecule is C.O=C1CCc2cc(/C=C/C(=O)N3CC4C=C(c5cccs5)CC4C3)cnc2N1. The first kappa shape index (κ1) is 19.6. The van der Waals surface area contributed by atoms with Crippen molar-refractivity contribution in [2.45, 2.75) is 26.7 Å². The highest BCUT2D eigenvalue weighted by Crippen LogP contribution is 2.42. The number of anilines is 1. The number of hydrogen-bond donors (Lipinski definition) is 1. The monoisotopic (exact) mass is 407 g/mol. The topological polar surface area (TPSA) is 62.3 Å². The number of allylic oxidation sites excluding steroid dienone is 1. The lowest BCUT2D eigenvalue weighted by molar-refractivity contribution is -0.125. The molecule has 5 nitrogen and oxygen atoms in total. The minimum Gasteiger partial charge on any atom is -0.338 e. The van der Waals surface area contributed by atoms with Gasteiger partial charge in [-0.1, -0.05) is 19.6 Å². The van der Waals surface area contributed by atoms with E-state index in [0.29, 0.717) is 30.5 Å². The van der Waals surface area contributed by atoms with Gasteiger partial charge < -0.3 is 10.2 Å². The Morgan fingerprint density at radius 2 is 2.21 bits per heavy atom. The average molecular weight is 408 g/mol. The maximum absolute atomic E-state index is 12.6. The maximum atomic E-state index is 12.6. The molecular weight excluding hydrogens is 382 g/mol. The van der Waals surface area contributed by atoms with Gasteiger partial charge in [-0.05, 0) is 65.0 Å². The summed E-state index contributed by atoms with van der Waals surface area (Å²) in [5, 5.41) is 4.90. The molecule has 6 heteroatoms. The molecule has 0 spiro atoms. The Balaban J connectivity index is 0.00000205. The number of aryl methyl sites for hydroxylation is 1. The van der Waals surface area contributed by atoms with Crippen LogP contribution in [0.4, 0.5) is 5.82 Å². The van der Waals surface area contributed by atoms with Crippen molar-refractivity contribution >= 4 is 40.6 Å². The second-order valence-corrected chi connectivity index (χ2v) is 8.65. The Morgan fingerprint density at radius 1 is 1.31 bits per heavy atom. The third-order valence-corrected chi connectivity index (χ3v) is 6.77. The molecule has 1 fully saturated rings. The summed E-state index contributed by atoms with van der Waals surface area (Å²) < 4.78 is 0. The van der Waals surface area contributed by atoms with Crippen molar-refractivity contribution in [1.82, 2.24) is 9.88 Å². The van der Waals surface area contributed by atoms with E-state index in [9.17, 15) is 9.59 Å². The maximum Gasteiger partial charge on any atom is 0.246 e. The first-order valence-electron chi connectivity index (χ1n) is 9.66. The van der Waals surface area contributed by atoms with E-state index in [2.05, 4.69) is 33.9 Å². The molecule has 0 aromatic carbocycles. The van der Waals surface area contributed by atoms with Gasteiger partial charge in [0.1, 0.15) is 5.82 Å². The molecule has 0 radical (unpaired) electrons. The van der Waals surface area contributed by atoms with E-state index in [1.807, 2.05) is 17.0 Å². The number of amides is 2. The highest BCUT2D eigenvalue weighted by molar-refractivity contribution is 7.11. The van der Waals surface area contributed by atoms with E-state index in [1.54, 1.807) is 23.6 Å². The molecule has 4 heterocycles. The molecule has 2 amide bonds. The number of nitrogens with one attached hydrogen (secondary N) is 1. The van der Waals surface area contributed by atoms with Crippen molar-refractivity contribution in [3.63, 3.8) is 0 Å². The molecule has 0 bridgehead atoms. The fourth-order valence-electron chi connectivity index (χ4n) is 4.37. The number of hydrogen-bond acceptors (Lipinski definition) is 4. The highest BCUT2D eigenvalue weighted by atomic mass is 32.1. The number of carbonyl (C=O) groups is 2. The third-order valence-electron chi connectivity index (χ3n) is 5.82. The van der Waals surface area contributed by atoms with Crippen molar-refractivity contribution < 1.29 is 9.59 Å². The molecule has 2 aromatic heterocycles. The summed E-state index contributed by atoms with van der Waals surface area (Å²) in [5.41, 5.74) is 3.36. The molecule has 2 aliphatic heterocycles. The number of pyridine rings is 1. The van der Waals surface area contributed by atoms with E-state index in [0.717, 1.165) is 30.6 Å². The minimum absolute atomic E-state index is 0. The molecule has 2 atom stereocenters. The zero-order chi connectivity index (χ0) is 19.1. The van der Waals surface area contributed by atoms with Crippen LogP contribution in [0.5, 0.6) is 0 Å². The van der Waals surface area contributed by atoms with Gasteiger partial charge in [-0.3, -0.25) is 9.59 Å². The van der Waals surface area contributed by atoms with Crippen LogP contribution in [0.25, 0.3) is 11.6 Å². The van der Waals surface area contributed by atoms with E-state index in [4.69, 9.17) is 0 Å². The first-order valence-corrected chi connectivity index (χ1v) is 10.5. The largest absolute Gasteiger partial charge is 0.338 e. The van der Waals surface area contributed by atoms with Gasteiger partial charge in [-0.25, -0.2) is 4.98 Å². The molecule has 1 saturated heterocycles. The zero-order valence-electron chi connectivity index (χ0n) is 15.4. The predicted molar refractivity (Wildman–Crippen MR) is 117 cm³/mol. The Morgan fingerprint density at radius 3 is 3.00 bits per heavy atom. The molecule has 2 unspecified atom stereocenters. The van der Waals surface area contributed by atoms with Gasteiger partial charge in [0.05, 0.1) is 0 Å². The number of thiophene rings is 1. The molecule has 2 aromatic rings. The number of nitrogens with zero attached hydrogens (tertiary/aromatic N) is 2.